The van der Waals surface area contributed by atoms with Gasteiger partial charge in [-0.3, -0.25) is 0 Å². The first-order valence-corrected chi connectivity index (χ1v) is 7.30. The second-order valence-electron chi connectivity index (χ2n) is 5.24. The fourth-order valence-electron chi connectivity index (χ4n) is 2.62. The lowest BCUT2D eigenvalue weighted by Gasteiger charge is -2.20. The molecule has 0 aliphatic carbocycles. The maximum Gasteiger partial charge on any atom is 0.323 e. The van der Waals surface area contributed by atoms with Crippen LogP contribution in [0.3, 0.4) is 0 Å². The third-order valence-corrected chi connectivity index (χ3v) is 3.64. The highest BCUT2D eigenvalue weighted by Crippen LogP contribution is 2.25. The van der Waals surface area contributed by atoms with E-state index >= 15 is 0 Å². The summed E-state index contributed by atoms with van der Waals surface area (Å²) < 4.78 is 0. The molecule has 108 valence electrons. The van der Waals surface area contributed by atoms with Crippen LogP contribution in [0.2, 0.25) is 0 Å². The normalized spacial score (nSPS) is 12.4. The molecule has 1 atom stereocenters. The van der Waals surface area contributed by atoms with Crippen molar-refractivity contribution in [3.05, 3.63) is 64.6 Å². The van der Waals surface area contributed by atoms with Gasteiger partial charge >= 0.3 is 5.69 Å². The molecule has 3 N–H and O–H groups in total. The third kappa shape index (κ3) is 2.99. The van der Waals surface area contributed by atoms with E-state index in [0.29, 0.717) is 0 Å². The molecule has 0 bridgehead atoms. The summed E-state index contributed by atoms with van der Waals surface area (Å²) in [5.74, 6) is 0. The number of rotatable bonds is 5. The van der Waals surface area contributed by atoms with Crippen LogP contribution in [-0.4, -0.2) is 9.97 Å². The molecule has 0 saturated heterocycles. The van der Waals surface area contributed by atoms with Crippen molar-refractivity contribution in [2.45, 2.75) is 25.8 Å². The molecule has 1 unspecified atom stereocenters. The van der Waals surface area contributed by atoms with Crippen LogP contribution < -0.4 is 11.0 Å². The molecule has 3 rings (SSSR count). The van der Waals surface area contributed by atoms with Crippen LogP contribution in [0.25, 0.3) is 11.0 Å². The van der Waals surface area contributed by atoms with Crippen molar-refractivity contribution in [1.82, 2.24) is 9.97 Å². The Kier molecular flexibility index (Phi) is 3.77. The van der Waals surface area contributed by atoms with Gasteiger partial charge in [-0.05, 0) is 30.2 Å². The number of hydrogen-bond donors (Lipinski definition) is 3. The fourth-order valence-corrected chi connectivity index (χ4v) is 2.62. The van der Waals surface area contributed by atoms with Gasteiger partial charge in [-0.15, -0.1) is 0 Å². The standard InChI is InChI=1S/C17H19N3O/c1-2-6-14(12-7-4-3-5-8-12)18-13-9-10-15-16(11-13)20-17(21)19-15/h3-5,7-11,14,18H,2,6H2,1H3,(H2,19,20,21). The molecule has 0 spiro atoms. The van der Waals surface area contributed by atoms with E-state index in [9.17, 15) is 4.79 Å². The number of benzene rings is 2. The van der Waals surface area contributed by atoms with Crippen LogP contribution in [0.1, 0.15) is 31.4 Å². The molecule has 0 radical (unpaired) electrons. The Morgan fingerprint density at radius 1 is 1.05 bits per heavy atom. The van der Waals surface area contributed by atoms with Crippen LogP contribution in [-0.2, 0) is 0 Å². The zero-order valence-electron chi connectivity index (χ0n) is 12.0. The second-order valence-corrected chi connectivity index (χ2v) is 5.24. The topological polar surface area (TPSA) is 60.7 Å². The van der Waals surface area contributed by atoms with Crippen molar-refractivity contribution in [2.24, 2.45) is 0 Å². The van der Waals surface area contributed by atoms with E-state index in [1.54, 1.807) is 0 Å². The molecule has 4 nitrogen and oxygen atoms in total. The van der Waals surface area contributed by atoms with E-state index in [2.05, 4.69) is 46.5 Å². The smallest absolute Gasteiger partial charge is 0.323 e. The van der Waals surface area contributed by atoms with Crippen LogP contribution in [0.15, 0.2) is 53.3 Å². The van der Waals surface area contributed by atoms with Gasteiger partial charge in [0.1, 0.15) is 0 Å². The Balaban J connectivity index is 1.88. The van der Waals surface area contributed by atoms with Crippen molar-refractivity contribution in [3.8, 4) is 0 Å². The molecule has 1 aromatic heterocycles. The van der Waals surface area contributed by atoms with Crippen LogP contribution in [0, 0.1) is 0 Å². The predicted octanol–water partition coefficient (Wildman–Crippen LogP) is 3.81. The largest absolute Gasteiger partial charge is 0.378 e. The summed E-state index contributed by atoms with van der Waals surface area (Å²) >= 11 is 0. The molecule has 0 saturated carbocycles. The quantitative estimate of drug-likeness (QED) is 0.666. The minimum Gasteiger partial charge on any atom is -0.378 e. The zero-order valence-corrected chi connectivity index (χ0v) is 12.0. The molecule has 2 aromatic carbocycles. The molecule has 4 heteroatoms. The Morgan fingerprint density at radius 3 is 2.57 bits per heavy atom. The van der Waals surface area contributed by atoms with Crippen LogP contribution in [0.5, 0.6) is 0 Å². The molecule has 0 aliphatic heterocycles. The Hall–Kier alpha value is -2.49. The lowest BCUT2D eigenvalue weighted by Crippen LogP contribution is -2.10. The molecule has 1 heterocycles. The maximum atomic E-state index is 11.3. The third-order valence-electron chi connectivity index (χ3n) is 3.64. The van der Waals surface area contributed by atoms with E-state index in [4.69, 9.17) is 0 Å². The highest BCUT2D eigenvalue weighted by Gasteiger charge is 2.10. The van der Waals surface area contributed by atoms with Crippen molar-refractivity contribution in [2.75, 3.05) is 5.32 Å². The number of nitrogens with one attached hydrogen (secondary N) is 3. The number of fused-ring (bicyclic) bond motifs is 1. The number of hydrogen-bond acceptors (Lipinski definition) is 2. The first-order valence-electron chi connectivity index (χ1n) is 7.30. The number of aromatic amines is 2. The van der Waals surface area contributed by atoms with Gasteiger partial charge in [-0.1, -0.05) is 43.7 Å². The minimum absolute atomic E-state index is 0.171. The highest BCUT2D eigenvalue weighted by molar-refractivity contribution is 5.78. The molecule has 0 amide bonds. The molecule has 0 aliphatic rings. The van der Waals surface area contributed by atoms with Gasteiger partial charge in [0, 0.05) is 5.69 Å². The average molecular weight is 281 g/mol. The van der Waals surface area contributed by atoms with Crippen molar-refractivity contribution < 1.29 is 0 Å². The number of imidazole rings is 1. The van der Waals surface area contributed by atoms with E-state index < -0.39 is 0 Å². The summed E-state index contributed by atoms with van der Waals surface area (Å²) in [7, 11) is 0. The summed E-state index contributed by atoms with van der Waals surface area (Å²) in [6.07, 6.45) is 2.17. The first-order chi connectivity index (χ1) is 10.3. The van der Waals surface area contributed by atoms with Gasteiger partial charge in [-0.25, -0.2) is 4.79 Å². The van der Waals surface area contributed by atoms with Gasteiger partial charge in [-0.2, -0.15) is 0 Å². The van der Waals surface area contributed by atoms with Gasteiger partial charge in [0.15, 0.2) is 0 Å². The summed E-state index contributed by atoms with van der Waals surface area (Å²) in [6, 6.07) is 16.6. The summed E-state index contributed by atoms with van der Waals surface area (Å²) in [6.45, 7) is 2.18. The van der Waals surface area contributed by atoms with Gasteiger partial charge in [0.2, 0.25) is 0 Å². The monoisotopic (exact) mass is 281 g/mol. The van der Waals surface area contributed by atoms with Crippen molar-refractivity contribution in [1.29, 1.82) is 0 Å². The zero-order chi connectivity index (χ0) is 14.7. The maximum absolute atomic E-state index is 11.3. The highest BCUT2D eigenvalue weighted by atomic mass is 16.1. The molecular weight excluding hydrogens is 262 g/mol. The SMILES string of the molecule is CCCC(Nc1ccc2[nH]c(=O)[nH]c2c1)c1ccccc1. The van der Waals surface area contributed by atoms with Crippen molar-refractivity contribution >= 4 is 16.7 Å². The minimum atomic E-state index is -0.171. The first kappa shape index (κ1) is 13.5. The van der Waals surface area contributed by atoms with Crippen LogP contribution in [0.4, 0.5) is 5.69 Å². The van der Waals surface area contributed by atoms with E-state index in [1.165, 1.54) is 5.56 Å². The predicted molar refractivity (Wildman–Crippen MR) is 86.6 cm³/mol. The molecule has 21 heavy (non-hydrogen) atoms. The van der Waals surface area contributed by atoms with Gasteiger partial charge < -0.3 is 15.3 Å². The summed E-state index contributed by atoms with van der Waals surface area (Å²) in [5, 5.41) is 3.56. The Morgan fingerprint density at radius 2 is 1.81 bits per heavy atom. The Labute approximate surface area is 123 Å². The number of H-pyrrole nitrogens is 2. The van der Waals surface area contributed by atoms with Crippen LogP contribution >= 0.6 is 0 Å². The second kappa shape index (κ2) is 5.87. The number of anilines is 1. The molecular formula is C17H19N3O. The average Bonchev–Trinajstić information content (AvgIpc) is 2.87. The lowest BCUT2D eigenvalue weighted by atomic mass is 10.0. The van der Waals surface area contributed by atoms with Gasteiger partial charge in [0.05, 0.1) is 17.1 Å². The molecule has 0 fully saturated rings. The number of aromatic nitrogens is 2. The fraction of sp³-hybridized carbons (Fsp3) is 0.235. The van der Waals surface area contributed by atoms with E-state index in [0.717, 1.165) is 29.6 Å². The van der Waals surface area contributed by atoms with E-state index in [1.807, 2.05) is 24.3 Å². The van der Waals surface area contributed by atoms with E-state index in [-0.39, 0.29) is 11.7 Å². The lowest BCUT2D eigenvalue weighted by molar-refractivity contribution is 0.678. The Bertz CT molecular complexity index is 773. The van der Waals surface area contributed by atoms with Crippen molar-refractivity contribution in [3.63, 3.8) is 0 Å². The van der Waals surface area contributed by atoms with Gasteiger partial charge in [0.25, 0.3) is 0 Å². The summed E-state index contributed by atoms with van der Waals surface area (Å²) in [5.41, 5.74) is 3.78. The molecule has 3 aromatic rings. The summed E-state index contributed by atoms with van der Waals surface area (Å²) in [4.78, 5) is 16.9.